The van der Waals surface area contributed by atoms with Crippen molar-refractivity contribution >= 4 is 56.2 Å². The monoisotopic (exact) mass is 1120 g/mol. The molecule has 0 radical (unpaired) electrons. The van der Waals surface area contributed by atoms with Crippen LogP contribution in [0.2, 0.25) is 0 Å². The van der Waals surface area contributed by atoms with Gasteiger partial charge in [-0.05, 0) is 85.6 Å². The summed E-state index contributed by atoms with van der Waals surface area (Å²) in [6.07, 6.45) is 7.63. The maximum Gasteiger partial charge on any atom is 0.340 e. The van der Waals surface area contributed by atoms with Crippen molar-refractivity contribution in [2.45, 2.75) is 95.5 Å². The molecule has 6 aliphatic rings. The summed E-state index contributed by atoms with van der Waals surface area (Å²) in [5.41, 5.74) is 1.32. The zero-order chi connectivity index (χ0) is 57.5. The predicted octanol–water partition coefficient (Wildman–Crippen LogP) is 6.04. The number of cyclic esters (lactones) is 1. The van der Waals surface area contributed by atoms with E-state index in [1.54, 1.807) is 29.2 Å². The summed E-state index contributed by atoms with van der Waals surface area (Å²) in [5, 5.41) is 35.0. The van der Waals surface area contributed by atoms with Crippen LogP contribution in [0.15, 0.2) is 71.7 Å². The summed E-state index contributed by atoms with van der Waals surface area (Å²) < 4.78 is 66.6. The van der Waals surface area contributed by atoms with Crippen molar-refractivity contribution in [1.29, 1.82) is 0 Å². The number of piperazine rings is 1. The highest BCUT2D eigenvalue weighted by atomic mass is 19.1. The number of esters is 1. The number of alkyl halides is 1. The Hall–Kier alpha value is -8.65. The second-order valence-corrected chi connectivity index (χ2v) is 21.3. The minimum absolute atomic E-state index is 0.0440. The zero-order valence-corrected chi connectivity index (χ0v) is 44.8. The van der Waals surface area contributed by atoms with Crippen LogP contribution in [0.4, 0.5) is 19.0 Å². The number of carbonyl (C=O) groups excluding carboxylic acids is 3. The van der Waals surface area contributed by atoms with Crippen LogP contribution in [0, 0.1) is 24.0 Å². The number of aliphatic hydroxyl groups excluding tert-OH is 2. The Bertz CT molecular complexity index is 3970. The normalized spacial score (nSPS) is 21.3. The average Bonchev–Trinajstić information content (AvgIpc) is 4.39. The van der Waals surface area contributed by atoms with Gasteiger partial charge in [0, 0.05) is 71.8 Å². The first kappa shape index (κ1) is 54.0. The van der Waals surface area contributed by atoms with E-state index in [2.05, 4.69) is 32.7 Å². The third kappa shape index (κ3) is 8.98. The number of aromatic nitrogens is 5. The van der Waals surface area contributed by atoms with Crippen LogP contribution < -0.4 is 25.2 Å². The van der Waals surface area contributed by atoms with Crippen LogP contribution in [0.1, 0.15) is 79.9 Å². The molecule has 22 heteroatoms. The van der Waals surface area contributed by atoms with Crippen LogP contribution in [0.5, 0.6) is 17.5 Å². The van der Waals surface area contributed by atoms with Crippen molar-refractivity contribution in [1.82, 2.24) is 39.6 Å². The van der Waals surface area contributed by atoms with E-state index < -0.39 is 53.5 Å². The van der Waals surface area contributed by atoms with Crippen LogP contribution in [-0.4, -0.2) is 137 Å². The molecule has 4 saturated heterocycles. The van der Waals surface area contributed by atoms with Crippen molar-refractivity contribution in [2.24, 2.45) is 0 Å². The molecule has 7 aromatic rings. The number of anilines is 1. The minimum Gasteiger partial charge on any atom is -0.508 e. The number of nitrogens with one attached hydrogen (secondary N) is 1. The van der Waals surface area contributed by atoms with Crippen molar-refractivity contribution in [2.75, 3.05) is 50.9 Å². The Kier molecular flexibility index (Phi) is 13.8. The molecule has 5 atom stereocenters. The van der Waals surface area contributed by atoms with Gasteiger partial charge < -0.3 is 49.2 Å². The summed E-state index contributed by atoms with van der Waals surface area (Å²) in [6, 6.07) is 11.1. The molecular formula is C60H56F3N9O10. The number of hydrogen-bond acceptors (Lipinski definition) is 16. The Morgan fingerprint density at radius 1 is 0.988 bits per heavy atom. The summed E-state index contributed by atoms with van der Waals surface area (Å²) in [4.78, 5) is 77.6. The van der Waals surface area contributed by atoms with Gasteiger partial charge in [0.05, 0.1) is 57.6 Å². The Balaban J connectivity index is 0.00000329. The fourth-order valence-corrected chi connectivity index (χ4v) is 13.0. The lowest BCUT2D eigenvalue weighted by molar-refractivity contribution is -0.157. The minimum atomic E-state index is -1.65. The SMILES string of the molecule is C#Cc1c(F)ccc2cc(O)cc(-c3ncc4c(N5CC6CCC(C5)N6C(=O)C(=C)COc5ccc6nc7c(c(CNC(=O)CO)c6c5)Cn5c-7cc6c(c5=O)COC(=O)C6O)nc(OC[C@@]56CCCN5CC(F)C6)nc4c3F)c12.CC. The molecule has 0 aliphatic carbocycles. The quantitative estimate of drug-likeness (QED) is 0.0620. The molecule has 4 aromatic heterocycles. The van der Waals surface area contributed by atoms with E-state index in [0.29, 0.717) is 69.6 Å². The molecule has 10 heterocycles. The number of aromatic hydroxyl groups is 1. The maximum atomic E-state index is 17.4. The van der Waals surface area contributed by atoms with Crippen LogP contribution >= 0.6 is 0 Å². The highest BCUT2D eigenvalue weighted by Crippen LogP contribution is 2.44. The van der Waals surface area contributed by atoms with E-state index >= 15 is 8.78 Å². The highest BCUT2D eigenvalue weighted by molar-refractivity contribution is 6.03. The lowest BCUT2D eigenvalue weighted by Gasteiger charge is -2.42. The molecule has 13 rings (SSSR count). The molecule has 0 saturated carbocycles. The van der Waals surface area contributed by atoms with E-state index in [4.69, 9.17) is 30.6 Å². The molecule has 0 spiro atoms. The standard InChI is InChI=1S/C58H50F3N9O10.C2H6/c1-3-35-43(60)9-5-29-13-33(72)14-38(47(29)35)50-48(61)51-40(19-63-50)53(66-57(65-51)80-27-58-11-4-12-68(58)20-30(59)17-58)67-21-31-6-7-32(22-67)70(31)54(75)28(2)25-78-34-8-10-44-36(15-34)39(18-62-46(73)24-71)41-23-69-45(49(41)64-44)16-37-42(55(69)76)26-79-56(77)52(37)74;1-2/h1,5,8-10,13-16,19,30-32,52,71-72,74H,2,4,6-7,11-12,17-18,20-27H2,(H,62,73);1-2H3/t30?,31?,32?,52?,58-;/m0./s1. The number of benzene rings is 3. The number of amides is 2. The maximum absolute atomic E-state index is 17.4. The Labute approximate surface area is 467 Å². The third-order valence-electron chi connectivity index (χ3n) is 16.7. The largest absolute Gasteiger partial charge is 0.508 e. The van der Waals surface area contributed by atoms with Crippen molar-refractivity contribution in [3.8, 4) is 52.5 Å². The van der Waals surface area contributed by atoms with E-state index in [1.165, 1.54) is 35.0 Å². The van der Waals surface area contributed by atoms with E-state index in [1.807, 2.05) is 18.7 Å². The topological polar surface area (TPSA) is 235 Å². The number of ether oxygens (including phenoxy) is 3. The lowest BCUT2D eigenvalue weighted by Crippen LogP contribution is -2.56. The fourth-order valence-electron chi connectivity index (χ4n) is 13.0. The van der Waals surface area contributed by atoms with Crippen molar-refractivity contribution in [3.63, 3.8) is 0 Å². The Morgan fingerprint density at radius 2 is 1.78 bits per heavy atom. The van der Waals surface area contributed by atoms with Crippen molar-refractivity contribution < 1.29 is 57.1 Å². The molecule has 19 nitrogen and oxygen atoms in total. The molecule has 2 bridgehead atoms. The first-order chi connectivity index (χ1) is 39.6. The molecular weight excluding hydrogens is 1060 g/mol. The summed E-state index contributed by atoms with van der Waals surface area (Å²) >= 11 is 0. The predicted molar refractivity (Wildman–Crippen MR) is 294 cm³/mol. The lowest BCUT2D eigenvalue weighted by atomic mass is 9.95. The Morgan fingerprint density at radius 3 is 2.55 bits per heavy atom. The summed E-state index contributed by atoms with van der Waals surface area (Å²) in [5.74, 6) is -0.673. The number of halogens is 3. The number of carbonyl (C=O) groups is 3. The second kappa shape index (κ2) is 21.0. The number of fused-ring (bicyclic) bond motifs is 10. The number of rotatable bonds is 12. The average molecular weight is 1120 g/mol. The zero-order valence-electron chi connectivity index (χ0n) is 44.8. The molecule has 4 N–H and O–H groups in total. The summed E-state index contributed by atoms with van der Waals surface area (Å²) in [7, 11) is 0. The number of aliphatic hydroxyl groups is 2. The third-order valence-corrected chi connectivity index (χ3v) is 16.7. The number of nitrogens with zero attached hydrogens (tertiary/aromatic N) is 8. The number of pyridine rings is 3. The van der Waals surface area contributed by atoms with Gasteiger partial charge in [0.1, 0.15) is 66.9 Å². The second-order valence-electron chi connectivity index (χ2n) is 21.3. The summed E-state index contributed by atoms with van der Waals surface area (Å²) in [6.45, 7) is 8.49. The molecule has 4 fully saturated rings. The molecule has 4 unspecified atom stereocenters. The van der Waals surface area contributed by atoms with Gasteiger partial charge in [-0.15, -0.1) is 6.42 Å². The van der Waals surface area contributed by atoms with Crippen LogP contribution in [-0.2, 0) is 38.8 Å². The number of terminal acetylenes is 1. The van der Waals surface area contributed by atoms with Gasteiger partial charge in [0.25, 0.3) is 11.5 Å². The molecule has 3 aromatic carbocycles. The molecule has 6 aliphatic heterocycles. The van der Waals surface area contributed by atoms with E-state index in [9.17, 15) is 38.9 Å². The van der Waals surface area contributed by atoms with Gasteiger partial charge in [0.15, 0.2) is 11.9 Å². The van der Waals surface area contributed by atoms with Gasteiger partial charge in [-0.1, -0.05) is 32.4 Å². The van der Waals surface area contributed by atoms with Gasteiger partial charge in [-0.25, -0.2) is 22.9 Å². The van der Waals surface area contributed by atoms with Gasteiger partial charge in [-0.2, -0.15) is 9.97 Å². The van der Waals surface area contributed by atoms with E-state index in [0.717, 1.165) is 13.0 Å². The molecule has 2 amide bonds. The van der Waals surface area contributed by atoms with Crippen LogP contribution in [0.25, 0.3) is 55.2 Å². The number of phenolic OH excluding ortho intramolecular Hbond substituents is 1. The first-order valence-corrected chi connectivity index (χ1v) is 27.2. The number of hydrogen-bond donors (Lipinski definition) is 4. The van der Waals surface area contributed by atoms with E-state index in [-0.39, 0.29) is 139 Å². The van der Waals surface area contributed by atoms with Crippen LogP contribution in [0.3, 0.4) is 0 Å². The smallest absolute Gasteiger partial charge is 0.340 e. The van der Waals surface area contributed by atoms with Gasteiger partial charge in [0.2, 0.25) is 5.91 Å². The molecule has 82 heavy (non-hydrogen) atoms. The number of phenols is 1. The first-order valence-electron chi connectivity index (χ1n) is 27.2. The van der Waals surface area contributed by atoms with Gasteiger partial charge in [-0.3, -0.25) is 24.3 Å². The fraction of sp³-hybridized carbons (Fsp3) is 0.367. The molecule has 422 valence electrons. The van der Waals surface area contributed by atoms with Crippen molar-refractivity contribution in [3.05, 3.63) is 117 Å². The van der Waals surface area contributed by atoms with Gasteiger partial charge >= 0.3 is 12.0 Å². The highest BCUT2D eigenvalue weighted by Gasteiger charge is 2.50.